The van der Waals surface area contributed by atoms with E-state index in [1.807, 2.05) is 26.0 Å². The van der Waals surface area contributed by atoms with Crippen LogP contribution in [0.2, 0.25) is 5.02 Å². The molecule has 3 N–H and O–H groups in total. The highest BCUT2D eigenvalue weighted by Crippen LogP contribution is 2.25. The summed E-state index contributed by atoms with van der Waals surface area (Å²) in [5, 5.41) is 7.87. The Kier molecular flexibility index (Phi) is 4.62. The summed E-state index contributed by atoms with van der Waals surface area (Å²) < 4.78 is 5.56. The van der Waals surface area contributed by atoms with Crippen molar-refractivity contribution in [2.45, 2.75) is 26.7 Å². The van der Waals surface area contributed by atoms with Crippen LogP contribution in [0.15, 0.2) is 12.1 Å². The fourth-order valence-corrected chi connectivity index (χ4v) is 1.55. The predicted octanol–water partition coefficient (Wildman–Crippen LogP) is 3.05. The molecule has 0 aromatic heterocycles. The molecule has 0 aliphatic rings. The van der Waals surface area contributed by atoms with Gasteiger partial charge < -0.3 is 10.5 Å². The van der Waals surface area contributed by atoms with Crippen molar-refractivity contribution in [3.05, 3.63) is 28.3 Å². The summed E-state index contributed by atoms with van der Waals surface area (Å²) in [5.41, 5.74) is 7.28. The van der Waals surface area contributed by atoms with Crippen LogP contribution < -0.4 is 10.5 Å². The molecule has 0 unspecified atom stereocenters. The Hall–Kier alpha value is -1.22. The van der Waals surface area contributed by atoms with E-state index in [0.29, 0.717) is 13.0 Å². The SMILES string of the molecule is Cc1cc(OCCCC(=N)N)cc(C)c1Cl. The number of rotatable bonds is 5. The minimum Gasteiger partial charge on any atom is -0.494 e. The molecule has 0 bridgehead atoms. The van der Waals surface area contributed by atoms with Crippen LogP contribution in [0.1, 0.15) is 24.0 Å². The second-order valence-corrected chi connectivity index (χ2v) is 4.23. The van der Waals surface area contributed by atoms with Gasteiger partial charge in [0.2, 0.25) is 0 Å². The number of nitrogens with two attached hydrogens (primary N) is 1. The minimum atomic E-state index is 0.201. The van der Waals surface area contributed by atoms with Crippen LogP contribution in [0.3, 0.4) is 0 Å². The van der Waals surface area contributed by atoms with Gasteiger partial charge in [-0.3, -0.25) is 5.41 Å². The van der Waals surface area contributed by atoms with Crippen LogP contribution in [0.5, 0.6) is 5.75 Å². The first-order chi connectivity index (χ1) is 7.50. The van der Waals surface area contributed by atoms with Crippen LogP contribution in [-0.4, -0.2) is 12.4 Å². The highest BCUT2D eigenvalue weighted by atomic mass is 35.5. The number of hydrogen-bond donors (Lipinski definition) is 2. The maximum absolute atomic E-state index is 7.08. The summed E-state index contributed by atoms with van der Waals surface area (Å²) >= 11 is 6.05. The number of hydrogen-bond acceptors (Lipinski definition) is 2. The summed E-state index contributed by atoms with van der Waals surface area (Å²) in [6.45, 7) is 4.48. The van der Waals surface area contributed by atoms with E-state index in [1.165, 1.54) is 0 Å². The average Bonchev–Trinajstić information content (AvgIpc) is 2.20. The standard InChI is InChI=1S/C12H17ClN2O/c1-8-6-10(7-9(2)12(8)13)16-5-3-4-11(14)15/h6-7H,3-5H2,1-2H3,(H3,14,15). The largest absolute Gasteiger partial charge is 0.494 e. The van der Waals surface area contributed by atoms with Gasteiger partial charge in [0.15, 0.2) is 0 Å². The number of ether oxygens (including phenoxy) is 1. The molecule has 0 fully saturated rings. The van der Waals surface area contributed by atoms with Crippen LogP contribution in [-0.2, 0) is 0 Å². The molecule has 1 aromatic rings. The number of benzene rings is 1. The summed E-state index contributed by atoms with van der Waals surface area (Å²) in [5.74, 6) is 1.02. The van der Waals surface area contributed by atoms with Gasteiger partial charge in [-0.05, 0) is 43.5 Å². The van der Waals surface area contributed by atoms with Crippen molar-refractivity contribution in [3.63, 3.8) is 0 Å². The Balaban J connectivity index is 2.52. The van der Waals surface area contributed by atoms with Crippen molar-refractivity contribution in [2.75, 3.05) is 6.61 Å². The van der Waals surface area contributed by atoms with Crippen molar-refractivity contribution in [3.8, 4) is 5.75 Å². The maximum atomic E-state index is 7.08. The van der Waals surface area contributed by atoms with Crippen LogP contribution >= 0.6 is 11.6 Å². The van der Waals surface area contributed by atoms with E-state index in [4.69, 9.17) is 27.5 Å². The third kappa shape index (κ3) is 3.74. The zero-order valence-corrected chi connectivity index (χ0v) is 10.4. The number of aryl methyl sites for hydroxylation is 2. The number of amidine groups is 1. The summed E-state index contributed by atoms with van der Waals surface area (Å²) in [6, 6.07) is 3.84. The third-order valence-electron chi connectivity index (χ3n) is 2.27. The van der Waals surface area contributed by atoms with Gasteiger partial charge in [0.1, 0.15) is 5.75 Å². The van der Waals surface area contributed by atoms with Crippen LogP contribution in [0.4, 0.5) is 0 Å². The lowest BCUT2D eigenvalue weighted by Gasteiger charge is -2.09. The van der Waals surface area contributed by atoms with E-state index in [-0.39, 0.29) is 5.84 Å². The molecule has 0 aliphatic carbocycles. The molecule has 0 heterocycles. The molecule has 0 saturated carbocycles. The Morgan fingerprint density at radius 2 is 1.94 bits per heavy atom. The van der Waals surface area contributed by atoms with Crippen molar-refractivity contribution in [1.29, 1.82) is 5.41 Å². The molecular formula is C12H17ClN2O. The Labute approximate surface area is 101 Å². The van der Waals surface area contributed by atoms with E-state index < -0.39 is 0 Å². The smallest absolute Gasteiger partial charge is 0.119 e. The Morgan fingerprint density at radius 1 is 1.38 bits per heavy atom. The topological polar surface area (TPSA) is 59.1 Å². The van der Waals surface area contributed by atoms with Gasteiger partial charge in [0, 0.05) is 11.4 Å². The monoisotopic (exact) mass is 240 g/mol. The van der Waals surface area contributed by atoms with E-state index in [9.17, 15) is 0 Å². The third-order valence-corrected chi connectivity index (χ3v) is 2.87. The lowest BCUT2D eigenvalue weighted by Crippen LogP contribution is -2.11. The zero-order valence-electron chi connectivity index (χ0n) is 9.64. The molecular weight excluding hydrogens is 224 g/mol. The first-order valence-corrected chi connectivity index (χ1v) is 5.61. The molecule has 0 radical (unpaired) electrons. The Bertz CT molecular complexity index is 368. The fourth-order valence-electron chi connectivity index (χ4n) is 1.44. The maximum Gasteiger partial charge on any atom is 0.119 e. The molecule has 1 aromatic carbocycles. The first kappa shape index (κ1) is 12.8. The molecule has 16 heavy (non-hydrogen) atoms. The van der Waals surface area contributed by atoms with Crippen molar-refractivity contribution in [1.82, 2.24) is 0 Å². The van der Waals surface area contributed by atoms with Gasteiger partial charge in [-0.15, -0.1) is 0 Å². The van der Waals surface area contributed by atoms with Crippen molar-refractivity contribution >= 4 is 17.4 Å². The number of nitrogens with one attached hydrogen (secondary N) is 1. The molecule has 0 amide bonds. The van der Waals surface area contributed by atoms with Gasteiger partial charge >= 0.3 is 0 Å². The van der Waals surface area contributed by atoms with Gasteiger partial charge in [0.05, 0.1) is 12.4 Å². The zero-order chi connectivity index (χ0) is 12.1. The number of halogens is 1. The van der Waals surface area contributed by atoms with Crippen LogP contribution in [0, 0.1) is 19.3 Å². The normalized spacial score (nSPS) is 10.2. The van der Waals surface area contributed by atoms with E-state index in [2.05, 4.69) is 0 Å². The molecule has 88 valence electrons. The molecule has 4 heteroatoms. The lowest BCUT2D eigenvalue weighted by atomic mass is 10.1. The fraction of sp³-hybridized carbons (Fsp3) is 0.417. The highest BCUT2D eigenvalue weighted by Gasteiger charge is 2.03. The van der Waals surface area contributed by atoms with Gasteiger partial charge in [0.25, 0.3) is 0 Å². The Morgan fingerprint density at radius 3 is 2.44 bits per heavy atom. The molecule has 3 nitrogen and oxygen atoms in total. The second kappa shape index (κ2) is 5.75. The molecule has 0 saturated heterocycles. The van der Waals surface area contributed by atoms with Gasteiger partial charge in [-0.2, -0.15) is 0 Å². The van der Waals surface area contributed by atoms with E-state index >= 15 is 0 Å². The molecule has 1 rings (SSSR count). The summed E-state index contributed by atoms with van der Waals surface area (Å²) in [7, 11) is 0. The van der Waals surface area contributed by atoms with E-state index in [0.717, 1.165) is 28.3 Å². The summed E-state index contributed by atoms with van der Waals surface area (Å²) in [6.07, 6.45) is 1.33. The molecule has 0 spiro atoms. The lowest BCUT2D eigenvalue weighted by molar-refractivity contribution is 0.313. The van der Waals surface area contributed by atoms with Crippen molar-refractivity contribution in [2.24, 2.45) is 5.73 Å². The van der Waals surface area contributed by atoms with Crippen LogP contribution in [0.25, 0.3) is 0 Å². The molecule has 0 atom stereocenters. The first-order valence-electron chi connectivity index (χ1n) is 5.23. The molecule has 0 aliphatic heterocycles. The summed E-state index contributed by atoms with van der Waals surface area (Å²) in [4.78, 5) is 0. The van der Waals surface area contributed by atoms with Gasteiger partial charge in [-0.25, -0.2) is 0 Å². The predicted molar refractivity (Wildman–Crippen MR) is 67.6 cm³/mol. The quantitative estimate of drug-likeness (QED) is 0.472. The van der Waals surface area contributed by atoms with Gasteiger partial charge in [-0.1, -0.05) is 11.6 Å². The van der Waals surface area contributed by atoms with Crippen molar-refractivity contribution < 1.29 is 4.74 Å². The average molecular weight is 241 g/mol. The van der Waals surface area contributed by atoms with E-state index in [1.54, 1.807) is 0 Å². The second-order valence-electron chi connectivity index (χ2n) is 3.85. The highest BCUT2D eigenvalue weighted by molar-refractivity contribution is 6.32. The minimum absolute atomic E-state index is 0.201.